The molecule has 0 aliphatic heterocycles. The Bertz CT molecular complexity index is 235. The lowest BCUT2D eigenvalue weighted by Crippen LogP contribution is -2.38. The minimum absolute atomic E-state index is 0.240. The predicted octanol–water partition coefficient (Wildman–Crippen LogP) is -0.127. The van der Waals surface area contributed by atoms with E-state index in [-0.39, 0.29) is 12.0 Å². The second-order valence-electron chi connectivity index (χ2n) is 3.06. The SMILES string of the molecule is O=S(=O)(CCl)NCC1CC(O)C1. The van der Waals surface area contributed by atoms with Crippen LogP contribution in [0.1, 0.15) is 12.8 Å². The second-order valence-corrected chi connectivity index (χ2v) is 5.45. The molecule has 6 heteroatoms. The van der Waals surface area contributed by atoms with Crippen LogP contribution < -0.4 is 4.72 Å². The zero-order valence-electron chi connectivity index (χ0n) is 6.53. The molecule has 1 rings (SSSR count). The Hall–Kier alpha value is 0.160. The molecule has 0 atom stereocenters. The van der Waals surface area contributed by atoms with E-state index in [2.05, 4.69) is 4.72 Å². The van der Waals surface area contributed by atoms with E-state index in [9.17, 15) is 8.42 Å². The third kappa shape index (κ3) is 2.90. The summed E-state index contributed by atoms with van der Waals surface area (Å²) in [4.78, 5) is 0. The highest BCUT2D eigenvalue weighted by molar-refractivity contribution is 7.90. The van der Waals surface area contributed by atoms with Crippen LogP contribution in [0.15, 0.2) is 0 Å². The van der Waals surface area contributed by atoms with Crippen molar-refractivity contribution in [1.29, 1.82) is 0 Å². The van der Waals surface area contributed by atoms with Crippen molar-refractivity contribution in [3.63, 3.8) is 0 Å². The maximum atomic E-state index is 10.8. The van der Waals surface area contributed by atoms with Gasteiger partial charge in [0.2, 0.25) is 10.0 Å². The number of hydrogen-bond donors (Lipinski definition) is 2. The topological polar surface area (TPSA) is 66.4 Å². The van der Waals surface area contributed by atoms with Gasteiger partial charge in [0.05, 0.1) is 6.10 Å². The van der Waals surface area contributed by atoms with Gasteiger partial charge in [-0.1, -0.05) is 0 Å². The van der Waals surface area contributed by atoms with Crippen molar-refractivity contribution in [2.75, 3.05) is 11.8 Å². The van der Waals surface area contributed by atoms with Crippen LogP contribution in [0.3, 0.4) is 0 Å². The molecule has 72 valence electrons. The summed E-state index contributed by atoms with van der Waals surface area (Å²) < 4.78 is 24.0. The van der Waals surface area contributed by atoms with Crippen LogP contribution in [0, 0.1) is 5.92 Å². The number of aliphatic hydroxyl groups is 1. The van der Waals surface area contributed by atoms with Crippen LogP contribution in [0.5, 0.6) is 0 Å². The van der Waals surface area contributed by atoms with Crippen molar-refractivity contribution in [3.8, 4) is 0 Å². The molecule has 0 unspecified atom stereocenters. The molecule has 2 N–H and O–H groups in total. The summed E-state index contributed by atoms with van der Waals surface area (Å²) in [6.07, 6.45) is 1.13. The lowest BCUT2D eigenvalue weighted by Gasteiger charge is -2.31. The average Bonchev–Trinajstić information content (AvgIpc) is 1.96. The first-order valence-electron chi connectivity index (χ1n) is 3.75. The van der Waals surface area contributed by atoms with Gasteiger partial charge >= 0.3 is 0 Å². The molecule has 12 heavy (non-hydrogen) atoms. The van der Waals surface area contributed by atoms with Crippen molar-refractivity contribution in [1.82, 2.24) is 4.72 Å². The van der Waals surface area contributed by atoms with Gasteiger partial charge in [0.1, 0.15) is 5.21 Å². The molecular weight excluding hydrogens is 202 g/mol. The van der Waals surface area contributed by atoms with Crippen molar-refractivity contribution in [2.45, 2.75) is 18.9 Å². The first-order chi connectivity index (χ1) is 5.53. The molecule has 0 spiro atoms. The molecule has 0 radical (unpaired) electrons. The monoisotopic (exact) mass is 213 g/mol. The van der Waals surface area contributed by atoms with E-state index in [1.807, 2.05) is 0 Å². The van der Waals surface area contributed by atoms with E-state index in [4.69, 9.17) is 16.7 Å². The number of rotatable bonds is 4. The normalized spacial score (nSPS) is 29.8. The van der Waals surface area contributed by atoms with Crippen molar-refractivity contribution in [3.05, 3.63) is 0 Å². The standard InChI is InChI=1S/C6H12ClNO3S/c7-4-12(10,11)8-3-5-1-6(9)2-5/h5-6,8-9H,1-4H2. The van der Waals surface area contributed by atoms with Gasteiger partial charge < -0.3 is 5.11 Å². The van der Waals surface area contributed by atoms with Crippen molar-refractivity contribution >= 4 is 21.6 Å². The third-order valence-electron chi connectivity index (χ3n) is 1.95. The third-order valence-corrected chi connectivity index (χ3v) is 3.70. The van der Waals surface area contributed by atoms with Crippen LogP contribution in [0.4, 0.5) is 0 Å². The van der Waals surface area contributed by atoms with Gasteiger partial charge in [-0.05, 0) is 18.8 Å². The van der Waals surface area contributed by atoms with E-state index < -0.39 is 15.2 Å². The van der Waals surface area contributed by atoms with Gasteiger partial charge in [-0.2, -0.15) is 0 Å². The molecule has 0 heterocycles. The first-order valence-corrected chi connectivity index (χ1v) is 5.93. The summed E-state index contributed by atoms with van der Waals surface area (Å²) in [6.45, 7) is 0.395. The van der Waals surface area contributed by atoms with E-state index >= 15 is 0 Å². The van der Waals surface area contributed by atoms with E-state index in [0.717, 1.165) is 0 Å². The zero-order valence-corrected chi connectivity index (χ0v) is 8.11. The van der Waals surface area contributed by atoms with Crippen LogP contribution in [0.2, 0.25) is 0 Å². The molecule has 4 nitrogen and oxygen atoms in total. The maximum Gasteiger partial charge on any atom is 0.225 e. The van der Waals surface area contributed by atoms with Gasteiger partial charge in [-0.3, -0.25) is 0 Å². The van der Waals surface area contributed by atoms with Crippen molar-refractivity contribution < 1.29 is 13.5 Å². The molecule has 1 aliphatic carbocycles. The quantitative estimate of drug-likeness (QED) is 0.640. The average molecular weight is 214 g/mol. The minimum Gasteiger partial charge on any atom is -0.393 e. The molecule has 0 bridgehead atoms. The van der Waals surface area contributed by atoms with E-state index in [1.165, 1.54) is 0 Å². The Morgan fingerprint density at radius 2 is 2.08 bits per heavy atom. The second kappa shape index (κ2) is 3.91. The van der Waals surface area contributed by atoms with Crippen LogP contribution in [-0.4, -0.2) is 31.4 Å². The minimum atomic E-state index is -3.27. The van der Waals surface area contributed by atoms with E-state index in [1.54, 1.807) is 0 Å². The predicted molar refractivity (Wildman–Crippen MR) is 46.4 cm³/mol. The Balaban J connectivity index is 2.18. The Kier molecular flexibility index (Phi) is 3.34. The fourth-order valence-electron chi connectivity index (χ4n) is 1.15. The van der Waals surface area contributed by atoms with Gasteiger partial charge in [-0.15, -0.1) is 11.6 Å². The summed E-state index contributed by atoms with van der Waals surface area (Å²) >= 11 is 5.17. The molecule has 0 amide bonds. The molecular formula is C6H12ClNO3S. The van der Waals surface area contributed by atoms with Crippen molar-refractivity contribution in [2.24, 2.45) is 5.92 Å². The van der Waals surface area contributed by atoms with Crippen LogP contribution in [-0.2, 0) is 10.0 Å². The number of aliphatic hydroxyl groups excluding tert-OH is 1. The summed E-state index contributed by atoms with van der Waals surface area (Å²) in [7, 11) is -3.27. The summed E-state index contributed by atoms with van der Waals surface area (Å²) in [5.74, 6) is 0.276. The fraction of sp³-hybridized carbons (Fsp3) is 1.00. The molecule has 1 saturated carbocycles. The zero-order chi connectivity index (χ0) is 9.19. The van der Waals surface area contributed by atoms with Crippen LogP contribution >= 0.6 is 11.6 Å². The molecule has 0 aromatic rings. The summed E-state index contributed by atoms with van der Waals surface area (Å²) in [5.41, 5.74) is 0. The highest BCUT2D eigenvalue weighted by Crippen LogP contribution is 2.26. The molecule has 0 aromatic heterocycles. The van der Waals surface area contributed by atoms with Gasteiger partial charge in [0.25, 0.3) is 0 Å². The number of halogens is 1. The molecule has 0 aromatic carbocycles. The fourth-order valence-corrected chi connectivity index (χ4v) is 1.95. The largest absolute Gasteiger partial charge is 0.393 e. The summed E-state index contributed by atoms with van der Waals surface area (Å²) in [5, 5.41) is 8.50. The number of sulfonamides is 1. The Morgan fingerprint density at radius 3 is 2.50 bits per heavy atom. The number of alkyl halides is 1. The van der Waals surface area contributed by atoms with Gasteiger partial charge in [0, 0.05) is 6.54 Å². The number of nitrogens with one attached hydrogen (secondary N) is 1. The lowest BCUT2D eigenvalue weighted by molar-refractivity contribution is 0.0453. The Morgan fingerprint density at radius 1 is 1.50 bits per heavy atom. The van der Waals surface area contributed by atoms with Gasteiger partial charge in [-0.25, -0.2) is 13.1 Å². The molecule has 1 fully saturated rings. The molecule has 0 saturated heterocycles. The lowest BCUT2D eigenvalue weighted by atomic mass is 9.83. The summed E-state index contributed by atoms with van der Waals surface area (Å²) in [6, 6.07) is 0. The highest BCUT2D eigenvalue weighted by Gasteiger charge is 2.27. The maximum absolute atomic E-state index is 10.8. The Labute approximate surface area is 77.0 Å². The van der Waals surface area contributed by atoms with Crippen LogP contribution in [0.25, 0.3) is 0 Å². The number of hydrogen-bond acceptors (Lipinski definition) is 3. The van der Waals surface area contributed by atoms with E-state index in [0.29, 0.717) is 19.4 Å². The smallest absolute Gasteiger partial charge is 0.225 e. The first kappa shape index (κ1) is 10.2. The van der Waals surface area contributed by atoms with Gasteiger partial charge in [0.15, 0.2) is 0 Å². The highest BCUT2D eigenvalue weighted by atomic mass is 35.5. The molecule has 1 aliphatic rings.